The van der Waals surface area contributed by atoms with E-state index in [2.05, 4.69) is 9.65 Å². The molecule has 0 aromatic heterocycles. The van der Waals surface area contributed by atoms with Crippen LogP contribution in [0.3, 0.4) is 0 Å². The number of halogens is 5. The van der Waals surface area contributed by atoms with Crippen LogP contribution in [0.2, 0.25) is 0 Å². The van der Waals surface area contributed by atoms with Crippen LogP contribution in [0.4, 0.5) is 22.0 Å². The molecule has 0 saturated heterocycles. The van der Waals surface area contributed by atoms with Crippen molar-refractivity contribution in [2.45, 2.75) is 16.5 Å². The van der Waals surface area contributed by atoms with Crippen molar-refractivity contribution in [2.24, 2.45) is 0 Å². The van der Waals surface area contributed by atoms with Crippen molar-refractivity contribution >= 4 is 20.2 Å². The summed E-state index contributed by atoms with van der Waals surface area (Å²) in [7, 11) is 0. The van der Waals surface area contributed by atoms with Crippen LogP contribution in [0.15, 0.2) is 12.7 Å². The zero-order valence-electron chi connectivity index (χ0n) is 6.90. The first-order valence-corrected chi connectivity index (χ1v) is 7.17. The van der Waals surface area contributed by atoms with E-state index in [1.54, 1.807) is 0 Å². The van der Waals surface area contributed by atoms with E-state index in [-0.39, 0.29) is 0 Å². The number of hydrogen-bond acceptors (Lipinski definition) is 2. The number of hydrogen-bond donors (Lipinski definition) is 0. The van der Waals surface area contributed by atoms with Crippen molar-refractivity contribution in [2.75, 3.05) is 6.61 Å². The summed E-state index contributed by atoms with van der Waals surface area (Å²) < 4.78 is 68.8. The second-order valence-electron chi connectivity index (χ2n) is 2.42. The molecule has 0 heterocycles. The molecule has 0 N–H and O–H groups in total. The molecule has 0 aliphatic heterocycles. The molecule has 0 rings (SSSR count). The summed E-state index contributed by atoms with van der Waals surface area (Å²) >= 11 is -5.34. The van der Waals surface area contributed by atoms with Crippen molar-refractivity contribution in [1.82, 2.24) is 0 Å². The SMILES string of the molecule is C=CCC(F)(F)C[O][Sn](=[O])[C](F)(F)F. The van der Waals surface area contributed by atoms with Gasteiger partial charge in [0.2, 0.25) is 0 Å². The molecule has 82 valence electrons. The van der Waals surface area contributed by atoms with Gasteiger partial charge >= 0.3 is 84.1 Å². The summed E-state index contributed by atoms with van der Waals surface area (Å²) in [6, 6.07) is 0. The third kappa shape index (κ3) is 5.63. The summed E-state index contributed by atoms with van der Waals surface area (Å²) in [6.07, 6.45) is 0.0477. The molecule has 0 spiro atoms. The molecule has 0 fully saturated rings. The van der Waals surface area contributed by atoms with Crippen LogP contribution in [0.1, 0.15) is 6.42 Å². The van der Waals surface area contributed by atoms with Crippen LogP contribution >= 0.6 is 0 Å². The fourth-order valence-corrected chi connectivity index (χ4v) is 1.97. The maximum atomic E-state index is 12.5. The maximum absolute atomic E-state index is 12.5. The third-order valence-electron chi connectivity index (χ3n) is 1.09. The van der Waals surface area contributed by atoms with Crippen LogP contribution in [0.25, 0.3) is 0 Å². The predicted molar refractivity (Wildman–Crippen MR) is 38.2 cm³/mol. The van der Waals surface area contributed by atoms with Gasteiger partial charge in [0.1, 0.15) is 0 Å². The molecule has 0 aliphatic rings. The van der Waals surface area contributed by atoms with Gasteiger partial charge in [-0.2, -0.15) is 0 Å². The summed E-state index contributed by atoms with van der Waals surface area (Å²) in [5.74, 6) is -3.44. The van der Waals surface area contributed by atoms with Crippen LogP contribution in [0, 0.1) is 0 Å². The first-order chi connectivity index (χ1) is 6.19. The van der Waals surface area contributed by atoms with E-state index in [0.29, 0.717) is 0 Å². The molecular formula is C6H7F5O2Sn. The quantitative estimate of drug-likeness (QED) is 0.440. The third-order valence-corrected chi connectivity index (χ3v) is 3.57. The average molecular weight is 325 g/mol. The molecule has 0 bridgehead atoms. The van der Waals surface area contributed by atoms with Gasteiger partial charge in [-0.05, 0) is 0 Å². The Bertz CT molecular complexity index is 225. The first-order valence-electron chi connectivity index (χ1n) is 3.42. The van der Waals surface area contributed by atoms with Crippen LogP contribution in [-0.2, 0) is 6.15 Å². The molecule has 0 aliphatic carbocycles. The molecular weight excluding hydrogens is 318 g/mol. The topological polar surface area (TPSA) is 26.3 Å². The molecule has 0 saturated carbocycles. The van der Waals surface area contributed by atoms with Gasteiger partial charge in [0, 0.05) is 0 Å². The molecule has 0 unspecified atom stereocenters. The second-order valence-corrected chi connectivity index (χ2v) is 6.51. The van der Waals surface area contributed by atoms with E-state index >= 15 is 0 Å². The van der Waals surface area contributed by atoms with Gasteiger partial charge in [0.15, 0.2) is 0 Å². The molecule has 0 radical (unpaired) electrons. The fraction of sp³-hybridized carbons (Fsp3) is 0.667. The summed E-state index contributed by atoms with van der Waals surface area (Å²) in [5, 5.41) is 0. The molecule has 2 nitrogen and oxygen atoms in total. The normalized spacial score (nSPS) is 12.6. The molecule has 8 heteroatoms. The van der Waals surface area contributed by atoms with Crippen LogP contribution in [-0.4, -0.2) is 36.9 Å². The van der Waals surface area contributed by atoms with Gasteiger partial charge in [0.05, 0.1) is 0 Å². The molecule has 0 atom stereocenters. The van der Waals surface area contributed by atoms with Crippen molar-refractivity contribution in [1.29, 1.82) is 0 Å². The summed E-state index contributed by atoms with van der Waals surface area (Å²) in [4.78, 5) is 0. The number of allylic oxidation sites excluding steroid dienone is 1. The number of alkyl halides is 5. The monoisotopic (exact) mass is 326 g/mol. The Morgan fingerprint density at radius 2 is 1.79 bits per heavy atom. The molecule has 0 aromatic carbocycles. The van der Waals surface area contributed by atoms with Crippen molar-refractivity contribution in [3.8, 4) is 0 Å². The Hall–Kier alpha value is -0.0513. The van der Waals surface area contributed by atoms with Crippen molar-refractivity contribution in [3.05, 3.63) is 12.7 Å². The Morgan fingerprint density at radius 3 is 2.14 bits per heavy atom. The van der Waals surface area contributed by atoms with Gasteiger partial charge in [-0.3, -0.25) is 0 Å². The minimum absolute atomic E-state index is 0.804. The van der Waals surface area contributed by atoms with Crippen LogP contribution in [0.5, 0.6) is 0 Å². The van der Waals surface area contributed by atoms with E-state index in [4.69, 9.17) is 0 Å². The molecule has 0 aromatic rings. The van der Waals surface area contributed by atoms with Gasteiger partial charge in [-0.1, -0.05) is 0 Å². The summed E-state index contributed by atoms with van der Waals surface area (Å²) in [5.41, 5.74) is 0. The fourth-order valence-electron chi connectivity index (χ4n) is 0.523. The van der Waals surface area contributed by atoms with Crippen molar-refractivity contribution < 1.29 is 28.1 Å². The number of rotatable bonds is 5. The summed E-state index contributed by atoms with van der Waals surface area (Å²) in [6.45, 7) is 1.53. The van der Waals surface area contributed by atoms with E-state index in [1.165, 1.54) is 0 Å². The first kappa shape index (κ1) is 13.9. The van der Waals surface area contributed by atoms with E-state index in [0.717, 1.165) is 6.08 Å². The Kier molecular flexibility index (Phi) is 5.13. The zero-order chi connectivity index (χ0) is 11.4. The zero-order valence-corrected chi connectivity index (χ0v) is 9.76. The van der Waals surface area contributed by atoms with Crippen LogP contribution < -0.4 is 0 Å². The van der Waals surface area contributed by atoms with Gasteiger partial charge in [0.25, 0.3) is 0 Å². The van der Waals surface area contributed by atoms with Gasteiger partial charge in [-0.25, -0.2) is 0 Å². The average Bonchev–Trinajstić information content (AvgIpc) is 1.98. The van der Waals surface area contributed by atoms with E-state index in [1.807, 2.05) is 0 Å². The Morgan fingerprint density at radius 1 is 1.29 bits per heavy atom. The van der Waals surface area contributed by atoms with Crippen molar-refractivity contribution in [3.63, 3.8) is 0 Å². The predicted octanol–water partition coefficient (Wildman–Crippen LogP) is 2.23. The minimum atomic E-state index is -5.34. The second kappa shape index (κ2) is 5.15. The van der Waals surface area contributed by atoms with E-state index in [9.17, 15) is 25.0 Å². The molecule has 0 amide bonds. The van der Waals surface area contributed by atoms with Gasteiger partial charge in [-0.15, -0.1) is 0 Å². The Balaban J connectivity index is 4.06. The molecule has 14 heavy (non-hydrogen) atoms. The standard InChI is InChI=1S/C5H7F2O.CF3.O.Sn/c1-2-3-5(6,7)4-8;2-1(3)4;;/h2H,1,3-4H2;;;/q-1;;;+1. The Labute approximate surface area is 84.4 Å². The van der Waals surface area contributed by atoms with Gasteiger partial charge < -0.3 is 0 Å². The van der Waals surface area contributed by atoms with E-state index < -0.39 is 43.3 Å².